The van der Waals surface area contributed by atoms with Gasteiger partial charge in [0.05, 0.1) is 31.5 Å². The summed E-state index contributed by atoms with van der Waals surface area (Å²) in [6, 6.07) is 7.26. The van der Waals surface area contributed by atoms with Crippen molar-refractivity contribution in [1.29, 1.82) is 0 Å². The van der Waals surface area contributed by atoms with Crippen LogP contribution in [0.5, 0.6) is 0 Å². The van der Waals surface area contributed by atoms with Gasteiger partial charge < -0.3 is 20.1 Å². The maximum atomic E-state index is 9.47. The number of aliphatic hydroxyl groups is 1. The van der Waals surface area contributed by atoms with Crippen molar-refractivity contribution in [2.24, 2.45) is 0 Å². The molecule has 2 fully saturated rings. The van der Waals surface area contributed by atoms with Crippen LogP contribution < -0.4 is 10.2 Å². The zero-order valence-corrected chi connectivity index (χ0v) is 13.1. The predicted octanol–water partition coefficient (Wildman–Crippen LogP) is 1.90. The summed E-state index contributed by atoms with van der Waals surface area (Å²) in [4.78, 5) is 2.23. The van der Waals surface area contributed by atoms with Crippen molar-refractivity contribution in [1.82, 2.24) is 5.32 Å². The molecule has 1 aromatic rings. The van der Waals surface area contributed by atoms with Gasteiger partial charge in [-0.05, 0) is 46.5 Å². The highest BCUT2D eigenvalue weighted by Crippen LogP contribution is 2.30. The first-order chi connectivity index (χ1) is 9.78. The van der Waals surface area contributed by atoms with Gasteiger partial charge >= 0.3 is 0 Å². The maximum Gasteiger partial charge on any atom is 0.0755 e. The van der Waals surface area contributed by atoms with Gasteiger partial charge in [0.15, 0.2) is 0 Å². The highest BCUT2D eigenvalue weighted by molar-refractivity contribution is 9.10. The fourth-order valence-electron chi connectivity index (χ4n) is 2.57. The number of hydrogen-bond donors (Lipinski definition) is 2. The topological polar surface area (TPSA) is 44.7 Å². The van der Waals surface area contributed by atoms with E-state index < -0.39 is 0 Å². The normalized spacial score (nSPS) is 23.1. The van der Waals surface area contributed by atoms with Gasteiger partial charge in [0.25, 0.3) is 0 Å². The summed E-state index contributed by atoms with van der Waals surface area (Å²) in [6.45, 7) is 3.18. The first-order valence-electron chi connectivity index (χ1n) is 7.25. The van der Waals surface area contributed by atoms with Gasteiger partial charge in [-0.3, -0.25) is 0 Å². The molecule has 110 valence electrons. The van der Waals surface area contributed by atoms with Crippen LogP contribution in [0.2, 0.25) is 0 Å². The monoisotopic (exact) mass is 340 g/mol. The Morgan fingerprint density at radius 3 is 2.95 bits per heavy atom. The molecule has 1 aliphatic heterocycles. The van der Waals surface area contributed by atoms with Gasteiger partial charge in [0, 0.05) is 23.6 Å². The molecular weight excluding hydrogens is 320 g/mol. The summed E-state index contributed by atoms with van der Waals surface area (Å²) in [6.07, 6.45) is 2.62. The Kier molecular flexibility index (Phi) is 4.61. The van der Waals surface area contributed by atoms with E-state index in [2.05, 4.69) is 44.3 Å². The molecule has 0 aromatic heterocycles. The minimum atomic E-state index is 0.0514. The van der Waals surface area contributed by atoms with E-state index in [1.165, 1.54) is 18.4 Å². The maximum absolute atomic E-state index is 9.47. The minimum Gasteiger partial charge on any atom is -0.394 e. The zero-order valence-electron chi connectivity index (χ0n) is 11.5. The number of hydrogen-bond acceptors (Lipinski definition) is 4. The molecule has 2 N–H and O–H groups in total. The van der Waals surface area contributed by atoms with E-state index in [0.717, 1.165) is 29.3 Å². The molecule has 2 aliphatic rings. The largest absolute Gasteiger partial charge is 0.394 e. The van der Waals surface area contributed by atoms with Gasteiger partial charge in [-0.25, -0.2) is 0 Å². The number of nitrogens with zero attached hydrogens (tertiary/aromatic N) is 1. The van der Waals surface area contributed by atoms with Crippen molar-refractivity contribution in [3.63, 3.8) is 0 Å². The van der Waals surface area contributed by atoms with E-state index in [4.69, 9.17) is 4.74 Å². The number of benzene rings is 1. The molecule has 1 aliphatic carbocycles. The van der Waals surface area contributed by atoms with Gasteiger partial charge in [-0.2, -0.15) is 0 Å². The van der Waals surface area contributed by atoms with E-state index in [9.17, 15) is 5.11 Å². The Bertz CT molecular complexity index is 465. The number of morpholine rings is 1. The van der Waals surface area contributed by atoms with Crippen LogP contribution in [0.3, 0.4) is 0 Å². The molecule has 3 rings (SSSR count). The highest BCUT2D eigenvalue weighted by atomic mass is 79.9. The van der Waals surface area contributed by atoms with Gasteiger partial charge in [-0.15, -0.1) is 0 Å². The lowest BCUT2D eigenvalue weighted by Gasteiger charge is -2.37. The molecule has 1 atom stereocenters. The predicted molar refractivity (Wildman–Crippen MR) is 83.0 cm³/mol. The molecule has 1 aromatic carbocycles. The molecule has 4 nitrogen and oxygen atoms in total. The number of anilines is 1. The molecule has 1 saturated heterocycles. The quantitative estimate of drug-likeness (QED) is 0.859. The Balaban J connectivity index is 1.71. The average Bonchev–Trinajstić information content (AvgIpc) is 3.29. The highest BCUT2D eigenvalue weighted by Gasteiger charge is 2.24. The summed E-state index contributed by atoms with van der Waals surface area (Å²) in [7, 11) is 0. The molecule has 5 heteroatoms. The second-order valence-electron chi connectivity index (χ2n) is 5.55. The molecule has 0 spiro atoms. The van der Waals surface area contributed by atoms with E-state index in [1.807, 2.05) is 0 Å². The molecule has 0 amide bonds. The van der Waals surface area contributed by atoms with Gasteiger partial charge in [0.1, 0.15) is 0 Å². The van der Waals surface area contributed by atoms with Crippen LogP contribution in [-0.4, -0.2) is 43.6 Å². The third-order valence-electron chi connectivity index (χ3n) is 3.93. The Morgan fingerprint density at radius 1 is 1.40 bits per heavy atom. The second kappa shape index (κ2) is 6.43. The summed E-state index contributed by atoms with van der Waals surface area (Å²) in [5, 5.41) is 13.0. The summed E-state index contributed by atoms with van der Waals surface area (Å²) >= 11 is 3.67. The number of aliphatic hydroxyl groups excluding tert-OH is 1. The van der Waals surface area contributed by atoms with Crippen LogP contribution in [0.25, 0.3) is 0 Å². The molecule has 1 saturated carbocycles. The fourth-order valence-corrected chi connectivity index (χ4v) is 3.22. The SMILES string of the molecule is OCC1COCCN1c1ccc(CNC2CC2)cc1Br. The fraction of sp³-hybridized carbons (Fsp3) is 0.600. The first kappa shape index (κ1) is 14.3. The second-order valence-corrected chi connectivity index (χ2v) is 6.40. The van der Waals surface area contributed by atoms with E-state index >= 15 is 0 Å². The third kappa shape index (κ3) is 3.34. The van der Waals surface area contributed by atoms with Crippen LogP contribution in [0.15, 0.2) is 22.7 Å². The van der Waals surface area contributed by atoms with Gasteiger partial charge in [0.2, 0.25) is 0 Å². The Hall–Kier alpha value is -0.620. The molecule has 0 bridgehead atoms. The Morgan fingerprint density at radius 2 is 2.25 bits per heavy atom. The standard InChI is InChI=1S/C15H21BrN2O2/c16-14-7-11(8-17-12-2-3-12)1-4-15(14)18-5-6-20-10-13(18)9-19/h1,4,7,12-13,17,19H,2-3,5-6,8-10H2. The summed E-state index contributed by atoms with van der Waals surface area (Å²) in [5.41, 5.74) is 2.43. The smallest absolute Gasteiger partial charge is 0.0755 e. The first-order valence-corrected chi connectivity index (χ1v) is 8.04. The van der Waals surface area contributed by atoms with Crippen LogP contribution in [0.4, 0.5) is 5.69 Å². The van der Waals surface area contributed by atoms with E-state index in [0.29, 0.717) is 13.2 Å². The van der Waals surface area contributed by atoms with Crippen LogP contribution >= 0.6 is 15.9 Å². The number of nitrogens with one attached hydrogen (secondary N) is 1. The lowest BCUT2D eigenvalue weighted by Crippen LogP contribution is -2.47. The van der Waals surface area contributed by atoms with Crippen molar-refractivity contribution in [2.75, 3.05) is 31.3 Å². The molecular formula is C15H21BrN2O2. The number of halogens is 1. The average molecular weight is 341 g/mol. The Labute approximate surface area is 128 Å². The molecule has 1 heterocycles. The van der Waals surface area contributed by atoms with Crippen molar-refractivity contribution < 1.29 is 9.84 Å². The zero-order chi connectivity index (χ0) is 13.9. The van der Waals surface area contributed by atoms with Crippen LogP contribution in [0, 0.1) is 0 Å². The van der Waals surface area contributed by atoms with Crippen molar-refractivity contribution in [2.45, 2.75) is 31.5 Å². The van der Waals surface area contributed by atoms with Crippen molar-refractivity contribution in [3.8, 4) is 0 Å². The molecule has 0 radical (unpaired) electrons. The van der Waals surface area contributed by atoms with Crippen molar-refractivity contribution >= 4 is 21.6 Å². The summed E-state index contributed by atoms with van der Waals surface area (Å²) < 4.78 is 6.52. The van der Waals surface area contributed by atoms with Crippen LogP contribution in [0.1, 0.15) is 18.4 Å². The van der Waals surface area contributed by atoms with Gasteiger partial charge in [-0.1, -0.05) is 6.07 Å². The number of rotatable bonds is 5. The molecule has 1 unspecified atom stereocenters. The van der Waals surface area contributed by atoms with Crippen LogP contribution in [-0.2, 0) is 11.3 Å². The minimum absolute atomic E-state index is 0.0514. The lowest BCUT2D eigenvalue weighted by molar-refractivity contribution is 0.0726. The van der Waals surface area contributed by atoms with Crippen molar-refractivity contribution in [3.05, 3.63) is 28.2 Å². The number of ether oxygens (including phenoxy) is 1. The third-order valence-corrected chi connectivity index (χ3v) is 4.57. The molecule has 20 heavy (non-hydrogen) atoms. The van der Waals surface area contributed by atoms with E-state index in [1.54, 1.807) is 0 Å². The summed E-state index contributed by atoms with van der Waals surface area (Å²) in [5.74, 6) is 0. The lowest BCUT2D eigenvalue weighted by atomic mass is 10.1. The van der Waals surface area contributed by atoms with E-state index in [-0.39, 0.29) is 12.6 Å².